The fraction of sp³-hybridized carbons (Fsp3) is 0.263. The van der Waals surface area contributed by atoms with E-state index >= 15 is 0 Å². The number of nitrogens with zero attached hydrogens (tertiary/aromatic N) is 3. The zero-order valence-electron chi connectivity index (χ0n) is 15.4. The minimum atomic E-state index is -0.242. The third-order valence-corrected chi connectivity index (χ3v) is 4.20. The number of pyridine rings is 1. The van der Waals surface area contributed by atoms with E-state index in [1.807, 2.05) is 0 Å². The Morgan fingerprint density at radius 2 is 1.96 bits per heavy atom. The van der Waals surface area contributed by atoms with Gasteiger partial charge in [-0.1, -0.05) is 0 Å². The molecule has 0 unspecified atom stereocenters. The highest BCUT2D eigenvalue weighted by Crippen LogP contribution is 2.30. The summed E-state index contributed by atoms with van der Waals surface area (Å²) in [4.78, 5) is 33.4. The zero-order valence-corrected chi connectivity index (χ0v) is 15.4. The minimum absolute atomic E-state index is 0.200. The topological polar surface area (TPSA) is 95.3 Å². The van der Waals surface area contributed by atoms with Crippen LogP contribution in [0.5, 0.6) is 11.5 Å². The lowest BCUT2D eigenvalue weighted by atomic mass is 10.2. The second-order valence-electron chi connectivity index (χ2n) is 5.84. The second kappa shape index (κ2) is 7.86. The smallest absolute Gasteiger partial charge is 0.261 e. The molecule has 0 spiro atoms. The number of carbonyl (C=O) groups is 1. The fourth-order valence-corrected chi connectivity index (χ4v) is 2.80. The van der Waals surface area contributed by atoms with Crippen molar-refractivity contribution in [2.75, 3.05) is 20.8 Å². The van der Waals surface area contributed by atoms with Gasteiger partial charge >= 0.3 is 0 Å². The van der Waals surface area contributed by atoms with E-state index in [0.717, 1.165) is 0 Å². The first-order valence-corrected chi connectivity index (χ1v) is 8.36. The van der Waals surface area contributed by atoms with Gasteiger partial charge in [0.05, 0.1) is 30.7 Å². The maximum Gasteiger partial charge on any atom is 0.261 e. The molecule has 0 bridgehead atoms. The molecule has 0 radical (unpaired) electrons. The Hall–Kier alpha value is -3.42. The summed E-state index contributed by atoms with van der Waals surface area (Å²) in [5.74, 6) is 1.28. The maximum atomic E-state index is 12.9. The first kappa shape index (κ1) is 18.4. The van der Waals surface area contributed by atoms with E-state index in [9.17, 15) is 9.59 Å². The molecule has 2 aromatic heterocycles. The van der Waals surface area contributed by atoms with E-state index in [4.69, 9.17) is 9.47 Å². The second-order valence-corrected chi connectivity index (χ2v) is 5.84. The Morgan fingerprint density at radius 1 is 1.22 bits per heavy atom. The normalized spacial score (nSPS) is 10.6. The van der Waals surface area contributed by atoms with Crippen LogP contribution in [-0.2, 0) is 6.54 Å². The molecule has 3 aromatic rings. The van der Waals surface area contributed by atoms with Gasteiger partial charge in [-0.2, -0.15) is 0 Å². The van der Waals surface area contributed by atoms with E-state index in [1.165, 1.54) is 25.0 Å². The lowest BCUT2D eigenvalue weighted by Gasteiger charge is -2.13. The fourth-order valence-electron chi connectivity index (χ4n) is 2.80. The number of aryl methyl sites for hydroxylation is 1. The molecule has 0 aliphatic rings. The highest BCUT2D eigenvalue weighted by atomic mass is 16.5. The molecule has 1 N–H and O–H groups in total. The zero-order chi connectivity index (χ0) is 19.4. The molecule has 0 atom stereocenters. The lowest BCUT2D eigenvalue weighted by molar-refractivity contribution is 0.0951. The Morgan fingerprint density at radius 3 is 2.63 bits per heavy atom. The Balaban J connectivity index is 1.84. The molecular formula is C19H20N4O4. The Kier molecular flexibility index (Phi) is 5.35. The molecule has 140 valence electrons. The van der Waals surface area contributed by atoms with Crippen LogP contribution in [0.1, 0.15) is 16.2 Å². The molecule has 0 saturated carbocycles. The van der Waals surface area contributed by atoms with Gasteiger partial charge in [0.1, 0.15) is 5.82 Å². The molecule has 8 nitrogen and oxygen atoms in total. The summed E-state index contributed by atoms with van der Waals surface area (Å²) in [5, 5.41) is 3.21. The third-order valence-electron chi connectivity index (χ3n) is 4.20. The van der Waals surface area contributed by atoms with Crippen molar-refractivity contribution in [3.05, 3.63) is 58.4 Å². The number of nitrogens with one attached hydrogen (secondary N) is 1. The van der Waals surface area contributed by atoms with Crippen LogP contribution in [0.3, 0.4) is 0 Å². The molecule has 27 heavy (non-hydrogen) atoms. The van der Waals surface area contributed by atoms with E-state index in [0.29, 0.717) is 40.3 Å². The van der Waals surface area contributed by atoms with E-state index in [2.05, 4.69) is 15.3 Å². The number of benzene rings is 1. The molecule has 2 heterocycles. The first-order valence-electron chi connectivity index (χ1n) is 8.36. The molecule has 0 aliphatic heterocycles. The predicted octanol–water partition coefficient (Wildman–Crippen LogP) is 1.55. The number of hydrogen-bond donors (Lipinski definition) is 1. The standard InChI is InChI=1S/C19H20N4O4/c1-12-22-15-10-17(27-3)16(26-2)9-14(15)19(25)23(12)8-7-21-18(24)13-5-4-6-20-11-13/h4-6,9-11H,7-8H2,1-3H3,(H,21,24). The third kappa shape index (κ3) is 3.74. The summed E-state index contributed by atoms with van der Waals surface area (Å²) in [5.41, 5.74) is 0.801. The molecule has 8 heteroatoms. The Labute approximate surface area is 155 Å². The predicted molar refractivity (Wildman–Crippen MR) is 100 cm³/mol. The lowest BCUT2D eigenvalue weighted by Crippen LogP contribution is -2.32. The van der Waals surface area contributed by atoms with E-state index < -0.39 is 0 Å². The van der Waals surface area contributed by atoms with Gasteiger partial charge in [-0.25, -0.2) is 4.98 Å². The van der Waals surface area contributed by atoms with Crippen molar-refractivity contribution in [3.8, 4) is 11.5 Å². The summed E-state index contributed by atoms with van der Waals surface area (Å²) in [6.45, 7) is 2.34. The van der Waals surface area contributed by atoms with Crippen LogP contribution in [0, 0.1) is 6.92 Å². The Bertz CT molecular complexity index is 1030. The molecule has 0 fully saturated rings. The summed E-state index contributed by atoms with van der Waals surface area (Å²) in [7, 11) is 3.04. The van der Waals surface area contributed by atoms with Crippen LogP contribution < -0.4 is 20.3 Å². The van der Waals surface area contributed by atoms with Crippen molar-refractivity contribution < 1.29 is 14.3 Å². The quantitative estimate of drug-likeness (QED) is 0.709. The molecule has 0 aliphatic carbocycles. The molecule has 0 saturated heterocycles. The molecule has 3 rings (SSSR count). The number of methoxy groups -OCH3 is 2. The number of carbonyl (C=O) groups excluding carboxylic acids is 1. The van der Waals surface area contributed by atoms with Gasteiger partial charge in [-0.05, 0) is 25.1 Å². The van der Waals surface area contributed by atoms with Crippen LogP contribution in [0.4, 0.5) is 0 Å². The number of ether oxygens (including phenoxy) is 2. The number of hydrogen-bond acceptors (Lipinski definition) is 6. The average Bonchev–Trinajstić information content (AvgIpc) is 2.70. The van der Waals surface area contributed by atoms with Crippen LogP contribution in [0.2, 0.25) is 0 Å². The summed E-state index contributed by atoms with van der Waals surface area (Å²) in [6.07, 6.45) is 3.09. The van der Waals surface area contributed by atoms with Gasteiger partial charge in [-0.3, -0.25) is 19.1 Å². The van der Waals surface area contributed by atoms with Crippen LogP contribution in [0.25, 0.3) is 10.9 Å². The largest absolute Gasteiger partial charge is 0.493 e. The van der Waals surface area contributed by atoms with Crippen LogP contribution in [-0.4, -0.2) is 41.2 Å². The van der Waals surface area contributed by atoms with Crippen molar-refractivity contribution in [3.63, 3.8) is 0 Å². The van der Waals surface area contributed by atoms with Crippen molar-refractivity contribution in [2.24, 2.45) is 0 Å². The monoisotopic (exact) mass is 368 g/mol. The summed E-state index contributed by atoms with van der Waals surface area (Å²) >= 11 is 0. The van der Waals surface area contributed by atoms with Crippen molar-refractivity contribution >= 4 is 16.8 Å². The van der Waals surface area contributed by atoms with Crippen LogP contribution in [0.15, 0.2) is 41.5 Å². The van der Waals surface area contributed by atoms with E-state index in [1.54, 1.807) is 37.4 Å². The number of aromatic nitrogens is 3. The van der Waals surface area contributed by atoms with Gasteiger partial charge in [0.15, 0.2) is 11.5 Å². The van der Waals surface area contributed by atoms with Gasteiger partial charge in [0.2, 0.25) is 0 Å². The number of amides is 1. The summed E-state index contributed by atoms with van der Waals surface area (Å²) in [6, 6.07) is 6.67. The van der Waals surface area contributed by atoms with E-state index in [-0.39, 0.29) is 18.0 Å². The maximum absolute atomic E-state index is 12.9. The van der Waals surface area contributed by atoms with Crippen molar-refractivity contribution in [1.82, 2.24) is 19.9 Å². The van der Waals surface area contributed by atoms with Crippen LogP contribution >= 0.6 is 0 Å². The van der Waals surface area contributed by atoms with Gasteiger partial charge < -0.3 is 14.8 Å². The molecule has 1 amide bonds. The van der Waals surface area contributed by atoms with Crippen molar-refractivity contribution in [1.29, 1.82) is 0 Å². The summed E-state index contributed by atoms with van der Waals surface area (Å²) < 4.78 is 12.1. The molecular weight excluding hydrogens is 348 g/mol. The van der Waals surface area contributed by atoms with Gasteiger partial charge in [0.25, 0.3) is 11.5 Å². The molecule has 1 aromatic carbocycles. The SMILES string of the molecule is COc1cc2nc(C)n(CCNC(=O)c3cccnc3)c(=O)c2cc1OC. The highest BCUT2D eigenvalue weighted by Gasteiger charge is 2.13. The minimum Gasteiger partial charge on any atom is -0.493 e. The highest BCUT2D eigenvalue weighted by molar-refractivity contribution is 5.93. The first-order chi connectivity index (χ1) is 13.0. The van der Waals surface area contributed by atoms with Gasteiger partial charge in [-0.15, -0.1) is 0 Å². The van der Waals surface area contributed by atoms with Gasteiger partial charge in [0, 0.05) is 31.5 Å². The number of rotatable bonds is 6. The van der Waals surface area contributed by atoms with Crippen molar-refractivity contribution in [2.45, 2.75) is 13.5 Å². The number of fused-ring (bicyclic) bond motifs is 1. The average molecular weight is 368 g/mol.